The van der Waals surface area contributed by atoms with Gasteiger partial charge in [-0.2, -0.15) is 0 Å². The van der Waals surface area contributed by atoms with E-state index >= 15 is 0 Å². The Balaban J connectivity index is 1.30. The third-order valence-corrected chi connectivity index (χ3v) is 6.61. The number of carbonyl (C=O) groups excluding carboxylic acids is 2. The molecule has 0 saturated carbocycles. The van der Waals surface area contributed by atoms with E-state index in [0.717, 1.165) is 11.1 Å². The molecule has 2 atom stereocenters. The highest BCUT2D eigenvalue weighted by atomic mass is 19.1. The summed E-state index contributed by atoms with van der Waals surface area (Å²) in [6.45, 7) is 7.35. The minimum absolute atomic E-state index is 0.000410. The van der Waals surface area contributed by atoms with Gasteiger partial charge in [0.25, 0.3) is 11.8 Å². The first-order valence-corrected chi connectivity index (χ1v) is 13.0. The fourth-order valence-corrected chi connectivity index (χ4v) is 4.74. The van der Waals surface area contributed by atoms with E-state index in [1.165, 1.54) is 12.1 Å². The van der Waals surface area contributed by atoms with Crippen LogP contribution in [0.5, 0.6) is 0 Å². The molecule has 4 aromatic rings. The Kier molecular flexibility index (Phi) is 7.88. The minimum Gasteiger partial charge on any atom is -0.372 e. The number of morpholine rings is 1. The molecule has 1 saturated heterocycles. The predicted octanol–water partition coefficient (Wildman–Crippen LogP) is 4.98. The molecular weight excluding hydrogens is 513 g/mol. The molecule has 3 heterocycles. The number of halogens is 1. The van der Waals surface area contributed by atoms with Gasteiger partial charge < -0.3 is 24.8 Å². The maximum absolute atomic E-state index is 14.5. The van der Waals surface area contributed by atoms with Gasteiger partial charge >= 0.3 is 0 Å². The van der Waals surface area contributed by atoms with E-state index in [4.69, 9.17) is 9.26 Å². The third kappa shape index (κ3) is 6.35. The number of hydrogen-bond acceptors (Lipinski definition) is 7. The number of ether oxygens (including phenoxy) is 1. The highest BCUT2D eigenvalue weighted by molar-refractivity contribution is 6.05. The number of hydrogen-bond donors (Lipinski definition) is 2. The van der Waals surface area contributed by atoms with Gasteiger partial charge in [0, 0.05) is 60.6 Å². The molecule has 0 aliphatic carbocycles. The van der Waals surface area contributed by atoms with Gasteiger partial charge in [0.1, 0.15) is 11.5 Å². The molecule has 9 nitrogen and oxygen atoms in total. The standard InChI is InChI=1S/C30H30FN5O4/c1-18-6-7-24(12-26(18)27-13-28(40-35-27)30(38)33-15-21-5-4-8-32-14-21)34-29(37)22-9-23(31)11-25(10-22)36-16-19(2)39-20(3)17-36/h4-14,19-20H,15-17H2,1-3H3,(H,33,38)(H,34,37). The van der Waals surface area contributed by atoms with Crippen molar-refractivity contribution in [3.05, 3.63) is 95.3 Å². The topological polar surface area (TPSA) is 110 Å². The number of benzene rings is 2. The van der Waals surface area contributed by atoms with E-state index < -0.39 is 17.6 Å². The summed E-state index contributed by atoms with van der Waals surface area (Å²) in [5.74, 6) is -1.28. The lowest BCUT2D eigenvalue weighted by Crippen LogP contribution is -2.45. The second kappa shape index (κ2) is 11.7. The van der Waals surface area contributed by atoms with Gasteiger partial charge in [-0.1, -0.05) is 17.3 Å². The van der Waals surface area contributed by atoms with Gasteiger partial charge in [0.2, 0.25) is 5.76 Å². The van der Waals surface area contributed by atoms with Gasteiger partial charge in [0.05, 0.1) is 12.2 Å². The van der Waals surface area contributed by atoms with Crippen molar-refractivity contribution in [2.75, 3.05) is 23.3 Å². The molecule has 2 aromatic heterocycles. The molecule has 0 bridgehead atoms. The van der Waals surface area contributed by atoms with Gasteiger partial charge in [-0.3, -0.25) is 14.6 Å². The number of aromatic nitrogens is 2. The lowest BCUT2D eigenvalue weighted by Gasteiger charge is -2.37. The average molecular weight is 544 g/mol. The number of rotatable bonds is 7. The zero-order valence-corrected chi connectivity index (χ0v) is 22.5. The number of anilines is 2. The zero-order chi connectivity index (χ0) is 28.2. The summed E-state index contributed by atoms with van der Waals surface area (Å²) in [6.07, 6.45) is 3.33. The molecule has 2 unspecified atom stereocenters. The van der Waals surface area contributed by atoms with Crippen molar-refractivity contribution in [1.29, 1.82) is 0 Å². The molecule has 1 aliphatic heterocycles. The fraction of sp³-hybridized carbons (Fsp3) is 0.267. The smallest absolute Gasteiger partial charge is 0.290 e. The molecule has 2 N–H and O–H groups in total. The summed E-state index contributed by atoms with van der Waals surface area (Å²) in [4.78, 5) is 31.7. The number of nitrogens with one attached hydrogen (secondary N) is 2. The molecule has 10 heteroatoms. The van der Waals surface area contributed by atoms with E-state index in [1.807, 2.05) is 37.8 Å². The van der Waals surface area contributed by atoms with E-state index in [9.17, 15) is 14.0 Å². The minimum atomic E-state index is -0.490. The number of carbonyl (C=O) groups is 2. The first-order valence-electron chi connectivity index (χ1n) is 13.0. The van der Waals surface area contributed by atoms with Crippen LogP contribution in [-0.2, 0) is 11.3 Å². The maximum atomic E-state index is 14.5. The van der Waals surface area contributed by atoms with E-state index in [2.05, 4.69) is 20.8 Å². The summed E-state index contributed by atoms with van der Waals surface area (Å²) >= 11 is 0. The predicted molar refractivity (Wildman–Crippen MR) is 149 cm³/mol. The van der Waals surface area contributed by atoms with Crippen LogP contribution in [0.2, 0.25) is 0 Å². The molecule has 0 spiro atoms. The monoisotopic (exact) mass is 543 g/mol. The van der Waals surface area contributed by atoms with Crippen molar-refractivity contribution in [2.45, 2.75) is 39.5 Å². The van der Waals surface area contributed by atoms with Crippen LogP contribution in [0.25, 0.3) is 11.3 Å². The van der Waals surface area contributed by atoms with E-state index in [-0.39, 0.29) is 23.5 Å². The number of amides is 2. The molecule has 1 aliphatic rings. The van der Waals surface area contributed by atoms with Crippen molar-refractivity contribution in [1.82, 2.24) is 15.5 Å². The number of pyridine rings is 1. The quantitative estimate of drug-likeness (QED) is 0.338. The lowest BCUT2D eigenvalue weighted by atomic mass is 10.0. The molecule has 40 heavy (non-hydrogen) atoms. The van der Waals surface area contributed by atoms with Crippen LogP contribution in [0.1, 0.15) is 45.9 Å². The Bertz CT molecular complexity index is 1510. The van der Waals surface area contributed by atoms with E-state index in [1.54, 1.807) is 42.7 Å². The normalized spacial score (nSPS) is 16.9. The highest BCUT2D eigenvalue weighted by Gasteiger charge is 2.24. The van der Waals surface area contributed by atoms with Crippen LogP contribution in [0.3, 0.4) is 0 Å². The summed E-state index contributed by atoms with van der Waals surface area (Å²) in [5.41, 5.74) is 4.20. The molecular formula is C30H30FN5O4. The van der Waals surface area contributed by atoms with Crippen LogP contribution in [0.15, 0.2) is 71.5 Å². The Morgan fingerprint density at radius 1 is 1.05 bits per heavy atom. The van der Waals surface area contributed by atoms with Crippen LogP contribution < -0.4 is 15.5 Å². The fourth-order valence-electron chi connectivity index (χ4n) is 4.74. The van der Waals surface area contributed by atoms with Crippen molar-refractivity contribution >= 4 is 23.2 Å². The second-order valence-electron chi connectivity index (χ2n) is 9.96. The molecule has 206 valence electrons. The lowest BCUT2D eigenvalue weighted by molar-refractivity contribution is -0.00523. The van der Waals surface area contributed by atoms with Crippen LogP contribution in [-0.4, -0.2) is 47.3 Å². The maximum Gasteiger partial charge on any atom is 0.290 e. The summed E-state index contributed by atoms with van der Waals surface area (Å²) < 4.78 is 25.6. The van der Waals surface area contributed by atoms with Crippen molar-refractivity contribution in [3.8, 4) is 11.3 Å². The largest absolute Gasteiger partial charge is 0.372 e. The van der Waals surface area contributed by atoms with Gasteiger partial charge in [0.15, 0.2) is 0 Å². The van der Waals surface area contributed by atoms with Crippen LogP contribution >= 0.6 is 0 Å². The van der Waals surface area contributed by atoms with Gasteiger partial charge in [-0.25, -0.2) is 4.39 Å². The summed E-state index contributed by atoms with van der Waals surface area (Å²) in [5, 5.41) is 9.69. The van der Waals surface area contributed by atoms with Crippen molar-refractivity contribution in [2.24, 2.45) is 0 Å². The summed E-state index contributed by atoms with van der Waals surface area (Å²) in [6, 6.07) is 14.9. The second-order valence-corrected chi connectivity index (χ2v) is 9.96. The van der Waals surface area contributed by atoms with E-state index in [0.29, 0.717) is 42.3 Å². The third-order valence-electron chi connectivity index (χ3n) is 6.61. The molecule has 2 amide bonds. The van der Waals surface area contributed by atoms with Gasteiger partial charge in [-0.15, -0.1) is 0 Å². The number of nitrogens with zero attached hydrogens (tertiary/aromatic N) is 3. The Morgan fingerprint density at radius 2 is 1.85 bits per heavy atom. The molecule has 5 rings (SSSR count). The Labute approximate surface area is 231 Å². The first-order chi connectivity index (χ1) is 19.2. The first kappa shape index (κ1) is 27.0. The van der Waals surface area contributed by atoms with Crippen LogP contribution in [0.4, 0.5) is 15.8 Å². The van der Waals surface area contributed by atoms with Gasteiger partial charge in [-0.05, 0) is 68.3 Å². The van der Waals surface area contributed by atoms with Crippen molar-refractivity contribution in [3.63, 3.8) is 0 Å². The Morgan fingerprint density at radius 3 is 2.60 bits per heavy atom. The SMILES string of the molecule is Cc1ccc(NC(=O)c2cc(F)cc(N3CC(C)OC(C)C3)c2)cc1-c1cc(C(=O)NCc2cccnc2)on1. The number of aryl methyl sites for hydroxylation is 1. The summed E-state index contributed by atoms with van der Waals surface area (Å²) in [7, 11) is 0. The Hall–Kier alpha value is -4.57. The molecule has 2 aromatic carbocycles. The molecule has 1 fully saturated rings. The zero-order valence-electron chi connectivity index (χ0n) is 22.5. The highest BCUT2D eigenvalue weighted by Crippen LogP contribution is 2.28. The van der Waals surface area contributed by atoms with Crippen molar-refractivity contribution < 1.29 is 23.2 Å². The average Bonchev–Trinajstić information content (AvgIpc) is 3.43. The van der Waals surface area contributed by atoms with Crippen LogP contribution in [0, 0.1) is 12.7 Å². The molecule has 0 radical (unpaired) electrons.